The van der Waals surface area contributed by atoms with Gasteiger partial charge in [0.15, 0.2) is 0 Å². The molecule has 0 aromatic rings. The van der Waals surface area contributed by atoms with E-state index in [2.05, 4.69) is 27.7 Å². The SMILES string of the molecule is [CH2]C(C)(C)CCCCCCCCCCC. The largest absolute Gasteiger partial charge is 0.0654 e. The van der Waals surface area contributed by atoms with Gasteiger partial charge >= 0.3 is 0 Å². The normalized spacial score (nSPS) is 12.0. The average Bonchev–Trinajstić information content (AvgIpc) is 2.14. The molecule has 0 aromatic heterocycles. The van der Waals surface area contributed by atoms with E-state index in [1.54, 1.807) is 0 Å². The van der Waals surface area contributed by atoms with Gasteiger partial charge in [0.1, 0.15) is 0 Å². The second-order valence-corrected chi connectivity index (χ2v) is 5.74. The van der Waals surface area contributed by atoms with Crippen LogP contribution in [0, 0.1) is 12.3 Å². The van der Waals surface area contributed by atoms with Crippen molar-refractivity contribution in [3.05, 3.63) is 6.92 Å². The standard InChI is InChI=1S/C15H31/c1-5-6-7-8-9-10-11-12-13-14-15(2,3)4/h2,5-14H2,1,3-4H3. The van der Waals surface area contributed by atoms with Crippen LogP contribution >= 0.6 is 0 Å². The van der Waals surface area contributed by atoms with E-state index in [-0.39, 0.29) is 0 Å². The quantitative estimate of drug-likeness (QED) is 0.402. The van der Waals surface area contributed by atoms with Crippen LogP contribution < -0.4 is 0 Å². The van der Waals surface area contributed by atoms with Gasteiger partial charge in [0.2, 0.25) is 0 Å². The molecule has 0 heteroatoms. The molecule has 0 aromatic carbocycles. The smallest absolute Gasteiger partial charge is 0.0354 e. The minimum absolute atomic E-state index is 0.293. The van der Waals surface area contributed by atoms with Gasteiger partial charge in [-0.2, -0.15) is 0 Å². The van der Waals surface area contributed by atoms with Crippen LogP contribution in [0.15, 0.2) is 0 Å². The molecule has 0 N–H and O–H groups in total. The molecule has 0 fully saturated rings. The Kier molecular flexibility index (Phi) is 9.24. The van der Waals surface area contributed by atoms with Crippen LogP contribution in [0.5, 0.6) is 0 Å². The van der Waals surface area contributed by atoms with Crippen LogP contribution in [0.4, 0.5) is 0 Å². The fourth-order valence-electron chi connectivity index (χ4n) is 1.91. The Hall–Kier alpha value is 0. The average molecular weight is 211 g/mol. The molecule has 0 aliphatic heterocycles. The summed E-state index contributed by atoms with van der Waals surface area (Å²) in [6, 6.07) is 0. The maximum Gasteiger partial charge on any atom is -0.0354 e. The molecule has 1 radical (unpaired) electrons. The summed E-state index contributed by atoms with van der Waals surface area (Å²) in [6.07, 6.45) is 14.1. The summed E-state index contributed by atoms with van der Waals surface area (Å²) in [5.74, 6) is 0. The maximum absolute atomic E-state index is 4.14. The summed E-state index contributed by atoms with van der Waals surface area (Å²) in [6.45, 7) is 10.9. The Bertz CT molecular complexity index is 118. The number of unbranched alkanes of at least 4 members (excludes halogenated alkanes) is 8. The lowest BCUT2D eigenvalue weighted by molar-refractivity contribution is 0.403. The predicted octanol–water partition coefficient (Wildman–Crippen LogP) is 5.77. The van der Waals surface area contributed by atoms with Crippen LogP contribution in [0.25, 0.3) is 0 Å². The third-order valence-corrected chi connectivity index (χ3v) is 2.96. The molecule has 0 amide bonds. The highest BCUT2D eigenvalue weighted by molar-refractivity contribution is 4.69. The molecule has 0 aliphatic rings. The fraction of sp³-hybridized carbons (Fsp3) is 0.933. The summed E-state index contributed by atoms with van der Waals surface area (Å²) in [5, 5.41) is 0. The maximum atomic E-state index is 4.14. The van der Waals surface area contributed by atoms with Crippen molar-refractivity contribution in [3.8, 4) is 0 Å². The van der Waals surface area contributed by atoms with Crippen LogP contribution in [0.3, 0.4) is 0 Å². The van der Waals surface area contributed by atoms with Crippen LogP contribution in [0.1, 0.15) is 85.0 Å². The van der Waals surface area contributed by atoms with E-state index in [9.17, 15) is 0 Å². The van der Waals surface area contributed by atoms with Crippen LogP contribution in [-0.4, -0.2) is 0 Å². The van der Waals surface area contributed by atoms with Gasteiger partial charge < -0.3 is 0 Å². The number of hydrogen-bond acceptors (Lipinski definition) is 0. The van der Waals surface area contributed by atoms with E-state index in [0.717, 1.165) is 0 Å². The summed E-state index contributed by atoms with van der Waals surface area (Å²) >= 11 is 0. The molecule has 0 nitrogen and oxygen atoms in total. The van der Waals surface area contributed by atoms with Crippen molar-refractivity contribution in [1.29, 1.82) is 0 Å². The van der Waals surface area contributed by atoms with E-state index >= 15 is 0 Å². The Morgan fingerprint density at radius 2 is 1.13 bits per heavy atom. The first-order chi connectivity index (χ1) is 7.06. The summed E-state index contributed by atoms with van der Waals surface area (Å²) in [5.41, 5.74) is 0.293. The first-order valence-corrected chi connectivity index (χ1v) is 6.91. The van der Waals surface area contributed by atoms with E-state index in [0.29, 0.717) is 5.41 Å². The Morgan fingerprint density at radius 1 is 0.733 bits per heavy atom. The third kappa shape index (κ3) is 14.0. The van der Waals surface area contributed by atoms with Gasteiger partial charge in [0.25, 0.3) is 0 Å². The molecule has 0 atom stereocenters. The highest BCUT2D eigenvalue weighted by Gasteiger charge is 2.08. The van der Waals surface area contributed by atoms with Crippen molar-refractivity contribution in [2.24, 2.45) is 5.41 Å². The predicted molar refractivity (Wildman–Crippen MR) is 71.0 cm³/mol. The van der Waals surface area contributed by atoms with Crippen LogP contribution in [-0.2, 0) is 0 Å². The number of rotatable bonds is 10. The lowest BCUT2D eigenvalue weighted by Gasteiger charge is -2.17. The second kappa shape index (κ2) is 9.24. The molecular formula is C15H31. The Labute approximate surface area is 97.8 Å². The Balaban J connectivity index is 2.99. The van der Waals surface area contributed by atoms with Crippen molar-refractivity contribution >= 4 is 0 Å². The lowest BCUT2D eigenvalue weighted by atomic mass is 9.89. The number of hydrogen-bond donors (Lipinski definition) is 0. The summed E-state index contributed by atoms with van der Waals surface area (Å²) < 4.78 is 0. The van der Waals surface area contributed by atoms with Gasteiger partial charge in [0.05, 0.1) is 0 Å². The summed E-state index contributed by atoms with van der Waals surface area (Å²) in [7, 11) is 0. The molecule has 15 heavy (non-hydrogen) atoms. The molecule has 0 saturated carbocycles. The Morgan fingerprint density at radius 3 is 1.53 bits per heavy atom. The fourth-order valence-corrected chi connectivity index (χ4v) is 1.91. The van der Waals surface area contributed by atoms with Crippen molar-refractivity contribution in [3.63, 3.8) is 0 Å². The van der Waals surface area contributed by atoms with Gasteiger partial charge in [0, 0.05) is 0 Å². The highest BCUT2D eigenvalue weighted by atomic mass is 14.1. The molecule has 0 spiro atoms. The first kappa shape index (κ1) is 15.0. The third-order valence-electron chi connectivity index (χ3n) is 2.96. The van der Waals surface area contributed by atoms with Crippen molar-refractivity contribution in [1.82, 2.24) is 0 Å². The van der Waals surface area contributed by atoms with Crippen LogP contribution in [0.2, 0.25) is 0 Å². The molecule has 91 valence electrons. The summed E-state index contributed by atoms with van der Waals surface area (Å²) in [4.78, 5) is 0. The molecule has 0 bridgehead atoms. The zero-order valence-electron chi connectivity index (χ0n) is 11.3. The highest BCUT2D eigenvalue weighted by Crippen LogP contribution is 2.22. The van der Waals surface area contributed by atoms with Gasteiger partial charge in [-0.1, -0.05) is 78.6 Å². The van der Waals surface area contributed by atoms with Crippen molar-refractivity contribution < 1.29 is 0 Å². The topological polar surface area (TPSA) is 0 Å². The first-order valence-electron chi connectivity index (χ1n) is 6.91. The van der Waals surface area contributed by atoms with E-state index in [1.165, 1.54) is 64.2 Å². The zero-order chi connectivity index (χ0) is 11.6. The van der Waals surface area contributed by atoms with Gasteiger partial charge in [-0.25, -0.2) is 0 Å². The van der Waals surface area contributed by atoms with E-state index < -0.39 is 0 Å². The van der Waals surface area contributed by atoms with Crippen molar-refractivity contribution in [2.45, 2.75) is 85.0 Å². The van der Waals surface area contributed by atoms with Gasteiger partial charge in [-0.15, -0.1) is 0 Å². The zero-order valence-corrected chi connectivity index (χ0v) is 11.3. The minimum atomic E-state index is 0.293. The van der Waals surface area contributed by atoms with Crippen molar-refractivity contribution in [2.75, 3.05) is 0 Å². The lowest BCUT2D eigenvalue weighted by Crippen LogP contribution is -2.04. The molecule has 0 saturated heterocycles. The molecule has 0 aliphatic carbocycles. The molecule has 0 rings (SSSR count). The van der Waals surface area contributed by atoms with Gasteiger partial charge in [-0.05, 0) is 18.8 Å². The monoisotopic (exact) mass is 211 g/mol. The van der Waals surface area contributed by atoms with E-state index in [1.807, 2.05) is 0 Å². The molecular weight excluding hydrogens is 180 g/mol. The molecule has 0 heterocycles. The van der Waals surface area contributed by atoms with Gasteiger partial charge in [-0.3, -0.25) is 0 Å². The minimum Gasteiger partial charge on any atom is -0.0654 e. The van der Waals surface area contributed by atoms with E-state index in [4.69, 9.17) is 0 Å². The second-order valence-electron chi connectivity index (χ2n) is 5.74. The molecule has 0 unspecified atom stereocenters.